The van der Waals surface area contributed by atoms with Crippen LogP contribution in [0.3, 0.4) is 0 Å². The van der Waals surface area contributed by atoms with Crippen LogP contribution in [0.15, 0.2) is 59.7 Å². The normalized spacial score (nSPS) is 24.3. The molecule has 1 aliphatic heterocycles. The molecule has 2 aliphatic rings. The molecule has 260 valence electrons. The van der Waals surface area contributed by atoms with E-state index in [1.807, 2.05) is 38.2 Å². The number of nitrogens with zero attached hydrogens (tertiary/aromatic N) is 1. The van der Waals surface area contributed by atoms with E-state index in [1.54, 1.807) is 36.7 Å². The minimum Gasteiger partial charge on any atom is -0.505 e. The number of benzene rings is 1. The lowest BCUT2D eigenvalue weighted by Gasteiger charge is -2.29. The smallest absolute Gasteiger partial charge is 0.328 e. The van der Waals surface area contributed by atoms with Crippen molar-refractivity contribution in [3.05, 3.63) is 65.2 Å². The van der Waals surface area contributed by atoms with E-state index in [2.05, 4.69) is 15.6 Å². The first kappa shape index (κ1) is 37.0. The van der Waals surface area contributed by atoms with Crippen LogP contribution >= 0.6 is 11.3 Å². The third-order valence-corrected chi connectivity index (χ3v) is 10.1. The number of carbonyl (C=O) groups is 3. The fourth-order valence-corrected chi connectivity index (χ4v) is 7.01. The summed E-state index contributed by atoms with van der Waals surface area (Å²) in [5, 5.41) is 28.3. The van der Waals surface area contributed by atoms with Gasteiger partial charge in [-0.3, -0.25) is 9.59 Å². The molecule has 1 aromatic carbocycles. The number of ether oxygens (including phenoxy) is 2. The number of aliphatic hydroxyl groups is 1. The van der Waals surface area contributed by atoms with Crippen molar-refractivity contribution in [3.63, 3.8) is 0 Å². The van der Waals surface area contributed by atoms with Gasteiger partial charge in [-0.1, -0.05) is 68.7 Å². The molecule has 0 saturated heterocycles. The Bertz CT molecular complexity index is 1540. The fourth-order valence-electron chi connectivity index (χ4n) is 6.17. The molecule has 10 nitrogen and oxygen atoms in total. The van der Waals surface area contributed by atoms with Gasteiger partial charge in [-0.05, 0) is 51.2 Å². The predicted molar refractivity (Wildman–Crippen MR) is 189 cm³/mol. The van der Waals surface area contributed by atoms with Crippen LogP contribution in [0.5, 0.6) is 5.75 Å². The Morgan fingerprint density at radius 2 is 1.90 bits per heavy atom. The first-order chi connectivity index (χ1) is 23.1. The maximum Gasteiger partial charge on any atom is 0.328 e. The number of aromatic nitrogens is 1. The van der Waals surface area contributed by atoms with E-state index < -0.39 is 36.2 Å². The number of carbonyl (C=O) groups excluding carboxylic acids is 3. The van der Waals surface area contributed by atoms with Crippen molar-refractivity contribution in [2.24, 2.45) is 11.8 Å². The predicted octanol–water partition coefficient (Wildman–Crippen LogP) is 6.29. The number of methoxy groups -OCH3 is 1. The van der Waals surface area contributed by atoms with Crippen molar-refractivity contribution in [1.29, 1.82) is 0 Å². The number of phenolic OH excluding ortho intramolecular Hbond substituents is 1. The molecule has 2 heterocycles. The van der Waals surface area contributed by atoms with Gasteiger partial charge < -0.3 is 30.3 Å². The summed E-state index contributed by atoms with van der Waals surface area (Å²) in [6.07, 6.45) is 16.9. The Morgan fingerprint density at radius 1 is 1.15 bits per heavy atom. The number of allylic oxidation sites excluding steroid dienone is 5. The van der Waals surface area contributed by atoms with Crippen LogP contribution in [0.25, 0.3) is 10.2 Å². The molecular weight excluding hydrogens is 630 g/mol. The SMILES string of the molecule is COC1C=CC=CC=CCC(OC(=O)C(C)NC(=O)C2CCCCC2)C(C)C(O)C(C)=CCCc2c(O)c(cc3ncsc23)NC(=O)C1. The topological polar surface area (TPSA) is 147 Å². The Labute approximate surface area is 287 Å². The molecule has 1 saturated carbocycles. The average molecular weight is 680 g/mol. The molecule has 1 fully saturated rings. The van der Waals surface area contributed by atoms with E-state index in [0.717, 1.165) is 36.8 Å². The number of phenols is 1. The lowest BCUT2D eigenvalue weighted by atomic mass is 9.88. The van der Waals surface area contributed by atoms with Crippen molar-refractivity contribution in [2.45, 2.75) is 103 Å². The van der Waals surface area contributed by atoms with Gasteiger partial charge in [0.25, 0.3) is 0 Å². The molecule has 4 rings (SSSR count). The van der Waals surface area contributed by atoms with E-state index in [0.29, 0.717) is 35.9 Å². The average Bonchev–Trinajstić information content (AvgIpc) is 3.55. The molecule has 5 atom stereocenters. The van der Waals surface area contributed by atoms with Crippen LogP contribution in [0.1, 0.15) is 77.7 Å². The van der Waals surface area contributed by atoms with E-state index in [-0.39, 0.29) is 35.6 Å². The van der Waals surface area contributed by atoms with Gasteiger partial charge >= 0.3 is 5.97 Å². The van der Waals surface area contributed by atoms with Gasteiger partial charge in [0.1, 0.15) is 17.9 Å². The number of anilines is 1. The number of aryl methyl sites for hydroxylation is 1. The number of hydrogen-bond donors (Lipinski definition) is 4. The number of nitrogens with one attached hydrogen (secondary N) is 2. The number of aromatic hydroxyl groups is 1. The maximum absolute atomic E-state index is 13.2. The Hall–Kier alpha value is -3.80. The first-order valence-corrected chi connectivity index (χ1v) is 17.7. The summed E-state index contributed by atoms with van der Waals surface area (Å²) >= 11 is 1.41. The molecule has 4 N–H and O–H groups in total. The van der Waals surface area contributed by atoms with E-state index in [1.165, 1.54) is 18.4 Å². The van der Waals surface area contributed by atoms with E-state index in [9.17, 15) is 24.6 Å². The minimum atomic E-state index is -0.912. The van der Waals surface area contributed by atoms with Gasteiger partial charge in [-0.15, -0.1) is 11.3 Å². The highest BCUT2D eigenvalue weighted by atomic mass is 32.1. The molecule has 1 aliphatic carbocycles. The Balaban J connectivity index is 1.56. The van der Waals surface area contributed by atoms with Crippen LogP contribution in [0.2, 0.25) is 0 Å². The van der Waals surface area contributed by atoms with Crippen LogP contribution < -0.4 is 10.6 Å². The summed E-state index contributed by atoms with van der Waals surface area (Å²) in [5.41, 5.74) is 4.03. The quantitative estimate of drug-likeness (QED) is 0.164. The lowest BCUT2D eigenvalue weighted by molar-refractivity contribution is -0.156. The van der Waals surface area contributed by atoms with Crippen LogP contribution in [0, 0.1) is 11.8 Å². The lowest BCUT2D eigenvalue weighted by Crippen LogP contribution is -2.45. The largest absolute Gasteiger partial charge is 0.505 e. The Kier molecular flexibility index (Phi) is 14.0. The van der Waals surface area contributed by atoms with Crippen LogP contribution in [0.4, 0.5) is 5.69 Å². The number of esters is 1. The fraction of sp³-hybridized carbons (Fsp3) is 0.514. The second kappa shape index (κ2) is 18.1. The Morgan fingerprint density at radius 3 is 2.65 bits per heavy atom. The number of thiazole rings is 1. The minimum absolute atomic E-state index is 0.0128. The number of hydrogen-bond acceptors (Lipinski definition) is 9. The van der Waals surface area contributed by atoms with Crippen molar-refractivity contribution >= 4 is 45.0 Å². The second-order valence-electron chi connectivity index (χ2n) is 12.7. The van der Waals surface area contributed by atoms with E-state index >= 15 is 0 Å². The van der Waals surface area contributed by atoms with E-state index in [4.69, 9.17) is 9.47 Å². The zero-order valence-electron chi connectivity index (χ0n) is 28.3. The number of fused-ring (bicyclic) bond motifs is 4. The monoisotopic (exact) mass is 679 g/mol. The number of aliphatic hydroxyl groups excluding tert-OH is 1. The standard InChI is InChI=1S/C37H49N3O7S/c1-23-14-13-18-28-34(43)29(21-30-35(28)48-22-38-30)40-32(41)20-27(46-4)17-11-6-5-7-12-19-31(24(2)33(23)42)47-37(45)25(3)39-36(44)26-15-9-8-10-16-26/h5-7,11-12,14,17,21-22,24-27,31,33,42-43H,8-10,13,15-16,18-20H2,1-4H3,(H,39,44)(H,40,41). The highest BCUT2D eigenvalue weighted by molar-refractivity contribution is 7.17. The highest BCUT2D eigenvalue weighted by Gasteiger charge is 2.31. The summed E-state index contributed by atoms with van der Waals surface area (Å²) in [5.74, 6) is -1.52. The molecule has 5 unspecified atom stereocenters. The van der Waals surface area contributed by atoms with Gasteiger partial charge in [-0.2, -0.15) is 0 Å². The molecule has 2 aromatic rings. The van der Waals surface area contributed by atoms with Crippen LogP contribution in [-0.4, -0.2) is 64.4 Å². The molecule has 2 amide bonds. The van der Waals surface area contributed by atoms with Crippen molar-refractivity contribution in [1.82, 2.24) is 10.3 Å². The van der Waals surface area contributed by atoms with Gasteiger partial charge in [0.15, 0.2) is 0 Å². The molecule has 2 bridgehead atoms. The first-order valence-electron chi connectivity index (χ1n) is 16.8. The zero-order valence-corrected chi connectivity index (χ0v) is 29.1. The van der Waals surface area contributed by atoms with Crippen LogP contribution in [-0.2, 0) is 30.3 Å². The third kappa shape index (κ3) is 10.1. The zero-order chi connectivity index (χ0) is 34.6. The summed E-state index contributed by atoms with van der Waals surface area (Å²) in [7, 11) is 1.53. The van der Waals surface area contributed by atoms with Gasteiger partial charge in [0, 0.05) is 30.9 Å². The van der Waals surface area contributed by atoms with Crippen molar-refractivity contribution < 1.29 is 34.1 Å². The number of amides is 2. The molecule has 11 heteroatoms. The molecule has 1 aromatic heterocycles. The second-order valence-corrected chi connectivity index (χ2v) is 13.6. The summed E-state index contributed by atoms with van der Waals surface area (Å²) < 4.78 is 12.3. The molecule has 48 heavy (non-hydrogen) atoms. The summed E-state index contributed by atoms with van der Waals surface area (Å²) in [4.78, 5) is 43.3. The van der Waals surface area contributed by atoms with Crippen molar-refractivity contribution in [3.8, 4) is 5.75 Å². The maximum atomic E-state index is 13.2. The third-order valence-electron chi connectivity index (χ3n) is 9.19. The van der Waals surface area contributed by atoms with Gasteiger partial charge in [-0.25, -0.2) is 9.78 Å². The van der Waals surface area contributed by atoms with Gasteiger partial charge in [0.05, 0.1) is 40.0 Å². The summed E-state index contributed by atoms with van der Waals surface area (Å²) in [6, 6.07) is 0.850. The van der Waals surface area contributed by atoms with Crippen molar-refractivity contribution in [2.75, 3.05) is 12.4 Å². The molecular formula is C37H49N3O7S. The highest BCUT2D eigenvalue weighted by Crippen LogP contribution is 2.38. The summed E-state index contributed by atoms with van der Waals surface area (Å²) in [6.45, 7) is 5.31. The molecule has 0 spiro atoms. The van der Waals surface area contributed by atoms with Gasteiger partial charge in [0.2, 0.25) is 11.8 Å². The molecule has 0 radical (unpaired) electrons. The number of rotatable bonds is 5.